The summed E-state index contributed by atoms with van der Waals surface area (Å²) in [6, 6.07) is 20.4. The number of methoxy groups -OCH3 is 2. The maximum Gasteiger partial charge on any atom is 0.240 e. The van der Waals surface area contributed by atoms with Crippen LogP contribution in [0.2, 0.25) is 0 Å². The summed E-state index contributed by atoms with van der Waals surface area (Å²) < 4.78 is 10.7. The third kappa shape index (κ3) is 3.09. The van der Waals surface area contributed by atoms with Crippen LogP contribution in [0, 0.1) is 11.8 Å². The Bertz CT molecular complexity index is 1420. The second-order valence-corrected chi connectivity index (χ2v) is 9.11. The molecule has 0 bridgehead atoms. The van der Waals surface area contributed by atoms with E-state index >= 15 is 0 Å². The molecule has 3 aliphatic rings. The van der Waals surface area contributed by atoms with Crippen molar-refractivity contribution in [1.82, 2.24) is 4.90 Å². The number of nitrogens with zero attached hydrogens (tertiary/aromatic N) is 2. The van der Waals surface area contributed by atoms with Gasteiger partial charge in [-0.05, 0) is 47.5 Å². The molecule has 180 valence electrons. The first kappa shape index (κ1) is 22.1. The fourth-order valence-corrected chi connectivity index (χ4v) is 5.85. The van der Waals surface area contributed by atoms with Crippen LogP contribution >= 0.6 is 0 Å². The molecule has 4 atom stereocenters. The van der Waals surface area contributed by atoms with E-state index in [9.17, 15) is 14.4 Å². The van der Waals surface area contributed by atoms with E-state index in [0.717, 1.165) is 11.1 Å². The van der Waals surface area contributed by atoms with Gasteiger partial charge in [0.05, 0.1) is 37.8 Å². The molecule has 2 amide bonds. The quantitative estimate of drug-likeness (QED) is 0.404. The third-order valence-corrected chi connectivity index (χ3v) is 7.41. The number of rotatable bonds is 5. The van der Waals surface area contributed by atoms with E-state index in [4.69, 9.17) is 9.47 Å². The number of hydrogen-bond donors (Lipinski definition) is 0. The zero-order chi connectivity index (χ0) is 25.0. The van der Waals surface area contributed by atoms with Crippen molar-refractivity contribution in [1.29, 1.82) is 0 Å². The van der Waals surface area contributed by atoms with Crippen molar-refractivity contribution in [3.8, 4) is 11.5 Å². The van der Waals surface area contributed by atoms with Crippen LogP contribution in [0.3, 0.4) is 0 Å². The van der Waals surface area contributed by atoms with Gasteiger partial charge in [0.2, 0.25) is 11.8 Å². The first-order valence-electron chi connectivity index (χ1n) is 11.8. The van der Waals surface area contributed by atoms with Gasteiger partial charge in [-0.15, -0.1) is 0 Å². The predicted octanol–water partition coefficient (Wildman–Crippen LogP) is 4.10. The molecule has 7 heteroatoms. The number of fused-ring (bicyclic) bond motifs is 5. The Morgan fingerprint density at radius 1 is 0.806 bits per heavy atom. The zero-order valence-electron chi connectivity index (χ0n) is 19.8. The molecular weight excluding hydrogens is 456 g/mol. The number of Topliss-reactive ketones (excluding diaryl/α,β-unsaturated/α-hetero) is 1. The minimum atomic E-state index is -0.840. The summed E-state index contributed by atoms with van der Waals surface area (Å²) in [5.74, 6) is -1.45. The molecule has 36 heavy (non-hydrogen) atoms. The Hall–Kier alpha value is -4.39. The van der Waals surface area contributed by atoms with Gasteiger partial charge < -0.3 is 14.4 Å². The number of para-hydroxylation sites is 1. The second kappa shape index (κ2) is 8.37. The summed E-state index contributed by atoms with van der Waals surface area (Å²) in [5, 5.41) is 0. The fraction of sp³-hybridized carbons (Fsp3) is 0.207. The third-order valence-electron chi connectivity index (χ3n) is 7.41. The fourth-order valence-electron chi connectivity index (χ4n) is 5.85. The van der Waals surface area contributed by atoms with E-state index in [1.807, 2.05) is 47.5 Å². The average Bonchev–Trinajstić information content (AvgIpc) is 3.40. The van der Waals surface area contributed by atoms with E-state index < -0.39 is 23.9 Å². The minimum absolute atomic E-state index is 0.242. The van der Waals surface area contributed by atoms with Crippen LogP contribution in [0.4, 0.5) is 5.69 Å². The molecule has 3 aliphatic heterocycles. The second-order valence-electron chi connectivity index (χ2n) is 9.11. The van der Waals surface area contributed by atoms with Gasteiger partial charge in [0, 0.05) is 11.8 Å². The highest BCUT2D eigenvalue weighted by atomic mass is 16.5. The Labute approximate surface area is 208 Å². The highest BCUT2D eigenvalue weighted by Gasteiger charge is 2.64. The average molecular weight is 481 g/mol. The monoisotopic (exact) mass is 480 g/mol. The van der Waals surface area contributed by atoms with E-state index in [0.29, 0.717) is 22.7 Å². The molecule has 2 fully saturated rings. The van der Waals surface area contributed by atoms with Gasteiger partial charge in [-0.2, -0.15) is 0 Å². The Balaban J connectivity index is 1.49. The van der Waals surface area contributed by atoms with Crippen molar-refractivity contribution < 1.29 is 23.9 Å². The smallest absolute Gasteiger partial charge is 0.240 e. The van der Waals surface area contributed by atoms with Crippen LogP contribution in [0.5, 0.6) is 11.5 Å². The van der Waals surface area contributed by atoms with Crippen LogP contribution in [0.1, 0.15) is 27.5 Å². The molecule has 3 aromatic rings. The van der Waals surface area contributed by atoms with Gasteiger partial charge in [-0.25, -0.2) is 4.90 Å². The summed E-state index contributed by atoms with van der Waals surface area (Å²) >= 11 is 0. The Morgan fingerprint density at radius 2 is 1.50 bits per heavy atom. The summed E-state index contributed by atoms with van der Waals surface area (Å²) in [4.78, 5) is 45.0. The molecule has 0 N–H and O–H groups in total. The minimum Gasteiger partial charge on any atom is -0.493 e. The molecule has 0 unspecified atom stereocenters. The SMILES string of the molecule is COc1ccc(C(=O)[C@@H]2[C@@H]3C(=O)N(c4ccccc4)C(=O)[C@H]3[C@H]3c4ccccc4C=CN23)cc1OC. The zero-order valence-corrected chi connectivity index (χ0v) is 19.8. The van der Waals surface area contributed by atoms with E-state index in [1.54, 1.807) is 42.5 Å². The van der Waals surface area contributed by atoms with Gasteiger partial charge in [-0.3, -0.25) is 14.4 Å². The summed E-state index contributed by atoms with van der Waals surface area (Å²) in [6.45, 7) is 0. The van der Waals surface area contributed by atoms with Gasteiger partial charge in [0.1, 0.15) is 6.04 Å². The molecule has 0 aliphatic carbocycles. The predicted molar refractivity (Wildman–Crippen MR) is 134 cm³/mol. The molecule has 0 radical (unpaired) electrons. The maximum atomic E-state index is 14.1. The molecule has 3 aromatic carbocycles. The highest BCUT2D eigenvalue weighted by Crippen LogP contribution is 2.53. The van der Waals surface area contributed by atoms with Crippen molar-refractivity contribution in [3.05, 3.63) is 95.7 Å². The highest BCUT2D eigenvalue weighted by molar-refractivity contribution is 6.24. The van der Waals surface area contributed by atoms with Gasteiger partial charge in [-0.1, -0.05) is 42.5 Å². The molecule has 3 heterocycles. The summed E-state index contributed by atoms with van der Waals surface area (Å²) in [5.41, 5.74) is 2.83. The van der Waals surface area contributed by atoms with Crippen LogP contribution in [0.15, 0.2) is 79.0 Å². The van der Waals surface area contributed by atoms with E-state index in [1.165, 1.54) is 19.1 Å². The van der Waals surface area contributed by atoms with Crippen LogP contribution in [-0.4, -0.2) is 42.8 Å². The number of carbonyl (C=O) groups excluding carboxylic acids is 3. The molecule has 0 aromatic heterocycles. The van der Waals surface area contributed by atoms with Gasteiger partial charge in [0.25, 0.3) is 0 Å². The normalized spacial score (nSPS) is 23.8. The van der Waals surface area contributed by atoms with Crippen molar-refractivity contribution in [2.45, 2.75) is 12.1 Å². The standard InChI is InChI=1S/C29H24N2O5/c1-35-21-13-12-18(16-22(21)36-2)27(32)26-24-23(25-20-11-7-6-8-17(20)14-15-30(25)26)28(33)31(29(24)34)19-9-4-3-5-10-19/h3-16,23-26H,1-2H3/t23-,24-,25-,26+/m1/s1. The molecule has 0 spiro atoms. The van der Waals surface area contributed by atoms with Crippen molar-refractivity contribution >= 4 is 29.4 Å². The Kier molecular flexibility index (Phi) is 5.14. The molecule has 6 rings (SSSR count). The lowest BCUT2D eigenvalue weighted by molar-refractivity contribution is -0.123. The van der Waals surface area contributed by atoms with E-state index in [2.05, 4.69) is 0 Å². The molecule has 7 nitrogen and oxygen atoms in total. The number of ether oxygens (including phenoxy) is 2. The lowest BCUT2D eigenvalue weighted by atomic mass is 9.83. The maximum absolute atomic E-state index is 14.1. The lowest BCUT2D eigenvalue weighted by Gasteiger charge is -2.35. The molecule has 2 saturated heterocycles. The van der Waals surface area contributed by atoms with Gasteiger partial charge in [0.15, 0.2) is 17.3 Å². The lowest BCUT2D eigenvalue weighted by Crippen LogP contribution is -2.44. The van der Waals surface area contributed by atoms with Gasteiger partial charge >= 0.3 is 0 Å². The van der Waals surface area contributed by atoms with Crippen LogP contribution in [-0.2, 0) is 9.59 Å². The van der Waals surface area contributed by atoms with Crippen molar-refractivity contribution in [2.24, 2.45) is 11.8 Å². The van der Waals surface area contributed by atoms with E-state index in [-0.39, 0.29) is 17.6 Å². The van der Waals surface area contributed by atoms with Crippen LogP contribution in [0.25, 0.3) is 6.08 Å². The number of anilines is 1. The number of benzene rings is 3. The molecular formula is C29H24N2O5. The summed E-state index contributed by atoms with van der Waals surface area (Å²) in [7, 11) is 3.04. The first-order chi connectivity index (χ1) is 17.5. The largest absolute Gasteiger partial charge is 0.493 e. The Morgan fingerprint density at radius 3 is 2.25 bits per heavy atom. The van der Waals surface area contributed by atoms with Crippen molar-refractivity contribution in [2.75, 3.05) is 19.1 Å². The molecule has 0 saturated carbocycles. The number of imide groups is 1. The number of ketones is 1. The summed E-state index contributed by atoms with van der Waals surface area (Å²) in [6.07, 6.45) is 3.79. The first-order valence-corrected chi connectivity index (χ1v) is 11.8. The number of hydrogen-bond acceptors (Lipinski definition) is 6. The topological polar surface area (TPSA) is 76.2 Å². The number of amides is 2. The van der Waals surface area contributed by atoms with Crippen molar-refractivity contribution in [3.63, 3.8) is 0 Å². The van der Waals surface area contributed by atoms with Crippen LogP contribution < -0.4 is 14.4 Å². The number of carbonyl (C=O) groups is 3.